The van der Waals surface area contributed by atoms with E-state index >= 15 is 0 Å². The average Bonchev–Trinajstić information content (AvgIpc) is 2.97. The van der Waals surface area contributed by atoms with Gasteiger partial charge >= 0.3 is 0 Å². The molecule has 0 aliphatic heterocycles. The number of anilines is 2. The third-order valence-corrected chi connectivity index (χ3v) is 8.43. The first-order chi connectivity index (χ1) is 19.0. The van der Waals surface area contributed by atoms with Gasteiger partial charge in [0.25, 0.3) is 0 Å². The number of Topliss-reactive ketones (excluding diaryl/α,β-unsaturated/α-hetero) is 1. The van der Waals surface area contributed by atoms with Crippen LogP contribution in [0, 0.1) is 11.8 Å². The Hall–Kier alpha value is -3.40. The van der Waals surface area contributed by atoms with Gasteiger partial charge in [0.1, 0.15) is 5.78 Å². The molecule has 4 nitrogen and oxygen atoms in total. The molecule has 0 bridgehead atoms. The molecular formula is C35H44N2O2. The number of rotatable bonds is 8. The molecule has 5 rings (SSSR count). The van der Waals surface area contributed by atoms with E-state index < -0.39 is 0 Å². The SMILES string of the molecule is CC.CNc1ccc(-c2ccc(CN(C(=O)C3CCCCC3)c3cccc(C4CCC4C(C)=O)c3)cc2)cc1. The van der Waals surface area contributed by atoms with Gasteiger partial charge < -0.3 is 10.2 Å². The van der Waals surface area contributed by atoms with E-state index in [0.717, 1.165) is 55.5 Å². The van der Waals surface area contributed by atoms with Crippen molar-refractivity contribution in [3.63, 3.8) is 0 Å². The van der Waals surface area contributed by atoms with Crippen LogP contribution in [0.5, 0.6) is 0 Å². The topological polar surface area (TPSA) is 49.4 Å². The fraction of sp³-hybridized carbons (Fsp3) is 0.429. The predicted molar refractivity (Wildman–Crippen MR) is 163 cm³/mol. The van der Waals surface area contributed by atoms with Crippen molar-refractivity contribution >= 4 is 23.1 Å². The molecule has 3 aromatic carbocycles. The second-order valence-electron chi connectivity index (χ2n) is 10.8. The van der Waals surface area contributed by atoms with Crippen molar-refractivity contribution in [1.82, 2.24) is 0 Å². The lowest BCUT2D eigenvalue weighted by molar-refractivity contribution is -0.124. The lowest BCUT2D eigenvalue weighted by Crippen LogP contribution is -2.37. The first-order valence-corrected chi connectivity index (χ1v) is 14.8. The minimum absolute atomic E-state index is 0.0936. The summed E-state index contributed by atoms with van der Waals surface area (Å²) in [6.07, 6.45) is 7.46. The number of benzene rings is 3. The van der Waals surface area contributed by atoms with Gasteiger partial charge in [0.05, 0.1) is 6.54 Å². The molecule has 4 heteroatoms. The molecule has 2 aliphatic rings. The molecule has 2 unspecified atom stereocenters. The zero-order chi connectivity index (χ0) is 27.8. The van der Waals surface area contributed by atoms with Crippen LogP contribution in [-0.2, 0) is 16.1 Å². The van der Waals surface area contributed by atoms with Gasteiger partial charge in [-0.2, -0.15) is 0 Å². The minimum Gasteiger partial charge on any atom is -0.388 e. The Labute approximate surface area is 234 Å². The molecule has 39 heavy (non-hydrogen) atoms. The molecule has 206 valence electrons. The lowest BCUT2D eigenvalue weighted by atomic mass is 9.68. The molecular weight excluding hydrogens is 480 g/mol. The Morgan fingerprint density at radius 1 is 0.821 bits per heavy atom. The number of nitrogens with one attached hydrogen (secondary N) is 1. The van der Waals surface area contributed by atoms with Gasteiger partial charge in [-0.15, -0.1) is 0 Å². The molecule has 0 radical (unpaired) electrons. The molecule has 2 saturated carbocycles. The van der Waals surface area contributed by atoms with Crippen LogP contribution in [0.25, 0.3) is 11.1 Å². The van der Waals surface area contributed by atoms with Gasteiger partial charge in [-0.05, 0) is 85.0 Å². The molecule has 0 aromatic heterocycles. The summed E-state index contributed by atoms with van der Waals surface area (Å²) >= 11 is 0. The highest BCUT2D eigenvalue weighted by atomic mass is 16.2. The quantitative estimate of drug-likeness (QED) is 0.321. The van der Waals surface area contributed by atoms with Gasteiger partial charge in [-0.25, -0.2) is 0 Å². The molecule has 2 aliphatic carbocycles. The number of carbonyl (C=O) groups excluding carboxylic acids is 2. The maximum absolute atomic E-state index is 13.9. The average molecular weight is 525 g/mol. The summed E-state index contributed by atoms with van der Waals surface area (Å²) in [5.74, 6) is 0.999. The van der Waals surface area contributed by atoms with Crippen LogP contribution in [0.4, 0.5) is 11.4 Å². The Morgan fingerprint density at radius 3 is 2.03 bits per heavy atom. The van der Waals surface area contributed by atoms with Crippen molar-refractivity contribution < 1.29 is 9.59 Å². The summed E-state index contributed by atoms with van der Waals surface area (Å²) in [4.78, 5) is 27.9. The monoisotopic (exact) mass is 524 g/mol. The Bertz CT molecular complexity index is 1230. The molecule has 1 N–H and O–H groups in total. The molecule has 3 aromatic rings. The van der Waals surface area contributed by atoms with E-state index in [9.17, 15) is 9.59 Å². The number of ketones is 1. The molecule has 0 heterocycles. The summed E-state index contributed by atoms with van der Waals surface area (Å²) in [6.45, 7) is 6.26. The largest absolute Gasteiger partial charge is 0.388 e. The molecule has 2 atom stereocenters. The van der Waals surface area contributed by atoms with E-state index in [1.54, 1.807) is 6.92 Å². The van der Waals surface area contributed by atoms with Gasteiger partial charge in [0, 0.05) is 30.3 Å². The highest BCUT2D eigenvalue weighted by Crippen LogP contribution is 2.44. The van der Waals surface area contributed by atoms with Gasteiger partial charge in [0.2, 0.25) is 5.91 Å². The normalized spacial score (nSPS) is 18.8. The van der Waals surface area contributed by atoms with Crippen molar-refractivity contribution in [2.75, 3.05) is 17.3 Å². The van der Waals surface area contributed by atoms with Gasteiger partial charge in [-0.3, -0.25) is 9.59 Å². The lowest BCUT2D eigenvalue weighted by Gasteiger charge is -2.36. The Morgan fingerprint density at radius 2 is 1.46 bits per heavy atom. The fourth-order valence-corrected chi connectivity index (χ4v) is 5.99. The summed E-state index contributed by atoms with van der Waals surface area (Å²) in [5.41, 5.74) is 6.69. The standard InChI is InChI=1S/C33H38N2O2.C2H6/c1-23(36)31-19-20-32(31)28-9-6-10-30(21-28)35(33(37)27-7-4-3-5-8-27)22-24-11-13-25(14-12-24)26-15-17-29(34-2)18-16-26;1-2/h6,9-18,21,27,31-32,34H,3-5,7-8,19-20,22H2,1-2H3;1-2H3. The zero-order valence-electron chi connectivity index (χ0n) is 24.1. The van der Waals surface area contributed by atoms with E-state index in [1.807, 2.05) is 25.8 Å². The summed E-state index contributed by atoms with van der Waals surface area (Å²) in [5, 5.41) is 3.16. The third-order valence-electron chi connectivity index (χ3n) is 8.43. The Balaban J connectivity index is 0.00000172. The number of hydrogen-bond donors (Lipinski definition) is 1. The van der Waals surface area contributed by atoms with Crippen LogP contribution >= 0.6 is 0 Å². The number of hydrogen-bond acceptors (Lipinski definition) is 3. The number of nitrogens with zero attached hydrogens (tertiary/aromatic N) is 1. The van der Waals surface area contributed by atoms with Crippen LogP contribution in [-0.4, -0.2) is 18.7 Å². The number of carbonyl (C=O) groups is 2. The van der Waals surface area contributed by atoms with Gasteiger partial charge in [-0.1, -0.05) is 81.6 Å². The van der Waals surface area contributed by atoms with Crippen LogP contribution in [0.3, 0.4) is 0 Å². The van der Waals surface area contributed by atoms with Crippen LogP contribution in [0.2, 0.25) is 0 Å². The van der Waals surface area contributed by atoms with Crippen LogP contribution in [0.15, 0.2) is 72.8 Å². The van der Waals surface area contributed by atoms with Crippen molar-refractivity contribution in [1.29, 1.82) is 0 Å². The molecule has 0 saturated heterocycles. The molecule has 0 spiro atoms. The van der Waals surface area contributed by atoms with Gasteiger partial charge in [0.15, 0.2) is 0 Å². The van der Waals surface area contributed by atoms with E-state index in [2.05, 4.69) is 78.1 Å². The molecule has 2 fully saturated rings. The first-order valence-electron chi connectivity index (χ1n) is 14.8. The smallest absolute Gasteiger partial charge is 0.230 e. The maximum atomic E-state index is 13.9. The van der Waals surface area contributed by atoms with Crippen molar-refractivity contribution in [3.05, 3.63) is 83.9 Å². The van der Waals surface area contributed by atoms with Crippen LogP contribution in [0.1, 0.15) is 82.8 Å². The first kappa shape index (κ1) is 28.6. The fourth-order valence-electron chi connectivity index (χ4n) is 5.99. The number of amides is 1. The zero-order valence-corrected chi connectivity index (χ0v) is 24.1. The van der Waals surface area contributed by atoms with E-state index in [0.29, 0.717) is 6.54 Å². The maximum Gasteiger partial charge on any atom is 0.230 e. The highest BCUT2D eigenvalue weighted by Gasteiger charge is 2.36. The summed E-state index contributed by atoms with van der Waals surface area (Å²) in [7, 11) is 1.92. The predicted octanol–water partition coefficient (Wildman–Crippen LogP) is 8.62. The molecule has 1 amide bonds. The van der Waals surface area contributed by atoms with E-state index in [4.69, 9.17) is 0 Å². The van der Waals surface area contributed by atoms with E-state index in [-0.39, 0.29) is 29.4 Å². The third kappa shape index (κ3) is 6.79. The van der Waals surface area contributed by atoms with Crippen molar-refractivity contribution in [2.45, 2.75) is 78.2 Å². The Kier molecular flexibility index (Phi) is 9.97. The van der Waals surface area contributed by atoms with Crippen LogP contribution < -0.4 is 10.2 Å². The van der Waals surface area contributed by atoms with E-state index in [1.165, 1.54) is 23.1 Å². The summed E-state index contributed by atoms with van der Waals surface area (Å²) in [6, 6.07) is 25.4. The minimum atomic E-state index is 0.0936. The second kappa shape index (κ2) is 13.6. The second-order valence-corrected chi connectivity index (χ2v) is 10.8. The van der Waals surface area contributed by atoms with Crippen molar-refractivity contribution in [3.8, 4) is 11.1 Å². The van der Waals surface area contributed by atoms with Crippen molar-refractivity contribution in [2.24, 2.45) is 11.8 Å². The summed E-state index contributed by atoms with van der Waals surface area (Å²) < 4.78 is 0. The highest BCUT2D eigenvalue weighted by molar-refractivity contribution is 5.95.